The minimum absolute atomic E-state index is 0.00356. The summed E-state index contributed by atoms with van der Waals surface area (Å²) in [5.74, 6) is 0. The zero-order valence-electron chi connectivity index (χ0n) is 14.3. The van der Waals surface area contributed by atoms with Gasteiger partial charge in [0.05, 0.1) is 12.2 Å². The number of hydrogen-bond donors (Lipinski definition) is 2. The van der Waals surface area contributed by atoms with E-state index >= 15 is 0 Å². The van der Waals surface area contributed by atoms with Crippen LogP contribution in [0.2, 0.25) is 0 Å². The maximum atomic E-state index is 12.7. The third-order valence-electron chi connectivity index (χ3n) is 4.54. The van der Waals surface area contributed by atoms with Crippen molar-refractivity contribution in [2.45, 2.75) is 31.8 Å². The molecule has 1 fully saturated rings. The van der Waals surface area contributed by atoms with Crippen LogP contribution in [0.5, 0.6) is 0 Å². The monoisotopic (exact) mass is 327 g/mol. The zero-order valence-corrected chi connectivity index (χ0v) is 14.3. The van der Waals surface area contributed by atoms with Crippen molar-refractivity contribution in [3.8, 4) is 0 Å². The Labute approximate surface area is 142 Å². The first-order chi connectivity index (χ1) is 11.6. The van der Waals surface area contributed by atoms with E-state index in [1.165, 1.54) is 0 Å². The van der Waals surface area contributed by atoms with Crippen LogP contribution in [0.25, 0.3) is 0 Å². The summed E-state index contributed by atoms with van der Waals surface area (Å²) in [6, 6.07) is 8.33. The Morgan fingerprint density at radius 3 is 3.04 bits per heavy atom. The van der Waals surface area contributed by atoms with Crippen molar-refractivity contribution in [1.29, 1.82) is 0 Å². The van der Waals surface area contributed by atoms with Crippen molar-refractivity contribution in [2.75, 3.05) is 25.5 Å². The molecule has 3 rings (SSSR count). The summed E-state index contributed by atoms with van der Waals surface area (Å²) in [5, 5.41) is 9.94. The molecule has 24 heavy (non-hydrogen) atoms. The Kier molecular flexibility index (Phi) is 5.03. The van der Waals surface area contributed by atoms with Crippen LogP contribution in [0.3, 0.4) is 0 Å². The topological polar surface area (TPSA) is 64.3 Å². The molecule has 1 saturated heterocycles. The van der Waals surface area contributed by atoms with E-state index in [-0.39, 0.29) is 12.1 Å². The molecule has 0 saturated carbocycles. The van der Waals surface area contributed by atoms with Gasteiger partial charge in [0.25, 0.3) is 0 Å². The Morgan fingerprint density at radius 1 is 1.42 bits per heavy atom. The van der Waals surface area contributed by atoms with Crippen molar-refractivity contribution < 1.29 is 4.79 Å². The molecule has 2 amide bonds. The molecular weight excluding hydrogens is 302 g/mol. The number of amides is 2. The molecular formula is C18H25N5O. The van der Waals surface area contributed by atoms with E-state index in [0.29, 0.717) is 6.54 Å². The zero-order chi connectivity index (χ0) is 16.9. The SMILES string of the molecule is CN(C)c1cccc(CNC(=O)N2CCCCC2c2cn[nH]c2)c1. The summed E-state index contributed by atoms with van der Waals surface area (Å²) < 4.78 is 0. The van der Waals surface area contributed by atoms with Crippen LogP contribution in [0, 0.1) is 0 Å². The summed E-state index contributed by atoms with van der Waals surface area (Å²) in [6.07, 6.45) is 6.89. The predicted octanol–water partition coefficient (Wildman–Crippen LogP) is 2.91. The van der Waals surface area contributed by atoms with E-state index in [0.717, 1.165) is 42.6 Å². The second kappa shape index (κ2) is 7.38. The van der Waals surface area contributed by atoms with Crippen molar-refractivity contribution in [2.24, 2.45) is 0 Å². The van der Waals surface area contributed by atoms with Gasteiger partial charge in [-0.1, -0.05) is 12.1 Å². The largest absolute Gasteiger partial charge is 0.378 e. The fraction of sp³-hybridized carbons (Fsp3) is 0.444. The molecule has 1 aliphatic rings. The number of piperidine rings is 1. The lowest BCUT2D eigenvalue weighted by Gasteiger charge is -2.35. The molecule has 0 radical (unpaired) electrons. The molecule has 0 spiro atoms. The maximum Gasteiger partial charge on any atom is 0.318 e. The first-order valence-corrected chi connectivity index (χ1v) is 8.44. The van der Waals surface area contributed by atoms with Gasteiger partial charge in [0.1, 0.15) is 0 Å². The average molecular weight is 327 g/mol. The number of nitrogens with zero attached hydrogens (tertiary/aromatic N) is 3. The van der Waals surface area contributed by atoms with Crippen molar-refractivity contribution in [1.82, 2.24) is 20.4 Å². The predicted molar refractivity (Wildman–Crippen MR) is 94.9 cm³/mol. The van der Waals surface area contributed by atoms with Crippen molar-refractivity contribution >= 4 is 11.7 Å². The highest BCUT2D eigenvalue weighted by Crippen LogP contribution is 2.30. The van der Waals surface area contributed by atoms with Gasteiger partial charge in [-0.2, -0.15) is 5.10 Å². The molecule has 0 bridgehead atoms. The number of urea groups is 1. The molecule has 6 nitrogen and oxygen atoms in total. The van der Waals surface area contributed by atoms with Gasteiger partial charge >= 0.3 is 6.03 Å². The second-order valence-electron chi connectivity index (χ2n) is 6.46. The molecule has 2 aromatic rings. The fourth-order valence-electron chi connectivity index (χ4n) is 3.19. The van der Waals surface area contributed by atoms with Gasteiger partial charge in [-0.05, 0) is 37.0 Å². The summed E-state index contributed by atoms with van der Waals surface area (Å²) in [4.78, 5) is 16.7. The summed E-state index contributed by atoms with van der Waals surface area (Å²) in [7, 11) is 4.03. The molecule has 1 aromatic carbocycles. The van der Waals surface area contributed by atoms with Crippen LogP contribution in [0.1, 0.15) is 36.4 Å². The van der Waals surface area contributed by atoms with Gasteiger partial charge in [-0.15, -0.1) is 0 Å². The van der Waals surface area contributed by atoms with E-state index in [1.54, 1.807) is 0 Å². The molecule has 6 heteroatoms. The standard InChI is InChI=1S/C18H25N5O/c1-22(2)16-7-5-6-14(10-16)11-19-18(24)23-9-4-3-8-17(23)15-12-20-21-13-15/h5-7,10,12-13,17H,3-4,8-9,11H2,1-2H3,(H,19,24)(H,20,21). The molecule has 1 atom stereocenters. The molecule has 2 N–H and O–H groups in total. The number of carbonyl (C=O) groups is 1. The number of H-pyrrole nitrogens is 1. The summed E-state index contributed by atoms with van der Waals surface area (Å²) >= 11 is 0. The lowest BCUT2D eigenvalue weighted by molar-refractivity contribution is 0.151. The Bertz CT molecular complexity index is 668. The number of carbonyl (C=O) groups excluding carboxylic acids is 1. The number of nitrogens with one attached hydrogen (secondary N) is 2. The third-order valence-corrected chi connectivity index (χ3v) is 4.54. The smallest absolute Gasteiger partial charge is 0.318 e. The number of aromatic amines is 1. The number of benzene rings is 1. The van der Waals surface area contributed by atoms with E-state index in [1.807, 2.05) is 43.5 Å². The average Bonchev–Trinajstić information content (AvgIpc) is 3.14. The Morgan fingerprint density at radius 2 is 2.29 bits per heavy atom. The van der Waals surface area contributed by atoms with Crippen LogP contribution < -0.4 is 10.2 Å². The summed E-state index contributed by atoms with van der Waals surface area (Å²) in [5.41, 5.74) is 3.32. The quantitative estimate of drug-likeness (QED) is 0.907. The van der Waals surface area contributed by atoms with Crippen molar-refractivity contribution in [3.63, 3.8) is 0 Å². The molecule has 2 heterocycles. The fourth-order valence-corrected chi connectivity index (χ4v) is 3.19. The molecule has 1 aliphatic heterocycles. The molecule has 1 unspecified atom stereocenters. The Balaban J connectivity index is 1.64. The van der Waals surface area contributed by atoms with E-state index in [2.05, 4.69) is 32.5 Å². The van der Waals surface area contributed by atoms with Gasteiger partial charge in [-0.25, -0.2) is 4.79 Å². The molecule has 1 aromatic heterocycles. The third kappa shape index (κ3) is 3.69. The van der Waals surface area contributed by atoms with E-state index in [9.17, 15) is 4.79 Å². The lowest BCUT2D eigenvalue weighted by Crippen LogP contribution is -2.44. The first-order valence-electron chi connectivity index (χ1n) is 8.44. The van der Waals surface area contributed by atoms with Crippen LogP contribution in [-0.4, -0.2) is 41.8 Å². The second-order valence-corrected chi connectivity index (χ2v) is 6.46. The summed E-state index contributed by atoms with van der Waals surface area (Å²) in [6.45, 7) is 1.33. The minimum Gasteiger partial charge on any atom is -0.378 e. The van der Waals surface area contributed by atoms with Crippen LogP contribution in [-0.2, 0) is 6.54 Å². The normalized spacial score (nSPS) is 17.6. The molecule has 128 valence electrons. The molecule has 0 aliphatic carbocycles. The maximum absolute atomic E-state index is 12.7. The van der Waals surface area contributed by atoms with Gasteiger partial charge < -0.3 is 15.1 Å². The lowest BCUT2D eigenvalue weighted by atomic mass is 9.98. The van der Waals surface area contributed by atoms with Crippen LogP contribution in [0.15, 0.2) is 36.7 Å². The van der Waals surface area contributed by atoms with E-state index < -0.39 is 0 Å². The highest BCUT2D eigenvalue weighted by Gasteiger charge is 2.28. The number of hydrogen-bond acceptors (Lipinski definition) is 3. The van der Waals surface area contributed by atoms with Gasteiger partial charge in [0.15, 0.2) is 0 Å². The Hall–Kier alpha value is -2.50. The minimum atomic E-state index is -0.00356. The number of aromatic nitrogens is 2. The van der Waals surface area contributed by atoms with Crippen LogP contribution >= 0.6 is 0 Å². The van der Waals surface area contributed by atoms with Gasteiger partial charge in [0.2, 0.25) is 0 Å². The highest BCUT2D eigenvalue weighted by atomic mass is 16.2. The highest BCUT2D eigenvalue weighted by molar-refractivity contribution is 5.75. The van der Waals surface area contributed by atoms with Gasteiger partial charge in [0, 0.05) is 44.6 Å². The first kappa shape index (κ1) is 16.4. The van der Waals surface area contributed by atoms with Crippen LogP contribution in [0.4, 0.5) is 10.5 Å². The van der Waals surface area contributed by atoms with Crippen molar-refractivity contribution in [3.05, 3.63) is 47.8 Å². The number of rotatable bonds is 4. The number of likely N-dealkylation sites (tertiary alicyclic amines) is 1. The number of anilines is 1. The van der Waals surface area contributed by atoms with Gasteiger partial charge in [-0.3, -0.25) is 5.10 Å². The van der Waals surface area contributed by atoms with E-state index in [4.69, 9.17) is 0 Å².